The molecule has 13 heteroatoms. The van der Waals surface area contributed by atoms with Gasteiger partial charge in [0.2, 0.25) is 0 Å². The Morgan fingerprint density at radius 2 is 1.52 bits per heavy atom. The molecule has 0 radical (unpaired) electrons. The number of esters is 1. The van der Waals surface area contributed by atoms with E-state index in [1.165, 1.54) is 35.1 Å². The highest BCUT2D eigenvalue weighted by atomic mass is 32.2. The first-order chi connectivity index (χ1) is 24.1. The molecule has 3 aromatic carbocycles. The molecule has 2 amide bonds. The summed E-state index contributed by atoms with van der Waals surface area (Å²) in [4.78, 5) is 51.7. The van der Waals surface area contributed by atoms with Crippen LogP contribution in [0.25, 0.3) is 0 Å². The maximum atomic E-state index is 13.7. The van der Waals surface area contributed by atoms with Crippen LogP contribution in [-0.2, 0) is 29.5 Å². The van der Waals surface area contributed by atoms with Gasteiger partial charge < -0.3 is 25.3 Å². The van der Waals surface area contributed by atoms with E-state index in [0.717, 1.165) is 16.7 Å². The molecule has 6 rings (SSSR count). The number of nitrogens with zero attached hydrogens (tertiary/aromatic N) is 3. The summed E-state index contributed by atoms with van der Waals surface area (Å²) in [5, 5.41) is 22.6. The lowest BCUT2D eigenvalue weighted by Gasteiger charge is -2.50. The van der Waals surface area contributed by atoms with Crippen LogP contribution in [-0.4, -0.2) is 75.6 Å². The van der Waals surface area contributed by atoms with Crippen molar-refractivity contribution in [1.29, 1.82) is 0 Å². The molecule has 0 spiro atoms. The molecule has 0 saturated carbocycles. The Morgan fingerprint density at radius 1 is 0.960 bits per heavy atom. The van der Waals surface area contributed by atoms with Crippen LogP contribution in [0, 0.1) is 0 Å². The van der Waals surface area contributed by atoms with E-state index >= 15 is 0 Å². The SMILES string of the molecule is CON=C(C(=O)N[C@@H]1C(=O)N2C(C(=O)OC(C)(C)C)=C(CO)SC[C@H]12)c1csc(NC(c2ccccc2)(c2ccccc2)c2ccccc2)n1. The van der Waals surface area contributed by atoms with Crippen molar-refractivity contribution < 1.29 is 29.1 Å². The van der Waals surface area contributed by atoms with Gasteiger partial charge in [-0.2, -0.15) is 0 Å². The van der Waals surface area contributed by atoms with E-state index in [1.54, 1.807) is 26.2 Å². The maximum Gasteiger partial charge on any atom is 0.356 e. The van der Waals surface area contributed by atoms with E-state index in [9.17, 15) is 19.5 Å². The van der Waals surface area contributed by atoms with E-state index in [1.807, 2.05) is 54.6 Å². The Labute approximate surface area is 298 Å². The third-order valence-electron chi connectivity index (χ3n) is 8.23. The second-order valence-electron chi connectivity index (χ2n) is 12.6. The molecule has 11 nitrogen and oxygen atoms in total. The summed E-state index contributed by atoms with van der Waals surface area (Å²) in [6.07, 6.45) is 0. The molecule has 2 aliphatic heterocycles. The van der Waals surface area contributed by atoms with Crippen LogP contribution < -0.4 is 10.6 Å². The fourth-order valence-electron chi connectivity index (χ4n) is 6.08. The zero-order chi connectivity index (χ0) is 35.5. The lowest BCUT2D eigenvalue weighted by Crippen LogP contribution is -2.73. The first-order valence-electron chi connectivity index (χ1n) is 15.9. The topological polar surface area (TPSA) is 142 Å². The van der Waals surface area contributed by atoms with Crippen LogP contribution in [0.2, 0.25) is 0 Å². The molecule has 3 heterocycles. The van der Waals surface area contributed by atoms with Crippen molar-refractivity contribution in [3.63, 3.8) is 0 Å². The van der Waals surface area contributed by atoms with E-state index in [2.05, 4.69) is 52.2 Å². The number of oxime groups is 1. The number of carbonyl (C=O) groups excluding carboxylic acids is 3. The first kappa shape index (κ1) is 34.9. The summed E-state index contributed by atoms with van der Waals surface area (Å²) in [5.41, 5.74) is 1.44. The number of carbonyl (C=O) groups is 3. The smallest absolute Gasteiger partial charge is 0.356 e. The minimum Gasteiger partial charge on any atom is -0.455 e. The molecular weight excluding hydrogens is 675 g/mol. The van der Waals surface area contributed by atoms with Crippen molar-refractivity contribution in [2.75, 3.05) is 24.8 Å². The Morgan fingerprint density at radius 3 is 2.02 bits per heavy atom. The zero-order valence-electron chi connectivity index (χ0n) is 28.0. The summed E-state index contributed by atoms with van der Waals surface area (Å²) >= 11 is 2.55. The molecule has 2 aliphatic rings. The van der Waals surface area contributed by atoms with Crippen molar-refractivity contribution in [3.8, 4) is 0 Å². The van der Waals surface area contributed by atoms with Crippen LogP contribution in [0.5, 0.6) is 0 Å². The number of benzene rings is 3. The molecule has 1 fully saturated rings. The quantitative estimate of drug-likeness (QED) is 0.0652. The molecule has 0 unspecified atom stereocenters. The van der Waals surface area contributed by atoms with Gasteiger partial charge >= 0.3 is 5.97 Å². The van der Waals surface area contributed by atoms with E-state index in [0.29, 0.717) is 15.8 Å². The van der Waals surface area contributed by atoms with Gasteiger partial charge in [-0.3, -0.25) is 14.5 Å². The Hall–Kier alpha value is -4.98. The van der Waals surface area contributed by atoms with E-state index < -0.39 is 47.6 Å². The second-order valence-corrected chi connectivity index (χ2v) is 14.6. The number of thiazole rings is 1. The largest absolute Gasteiger partial charge is 0.455 e. The van der Waals surface area contributed by atoms with Crippen LogP contribution >= 0.6 is 23.1 Å². The number of hydrogen-bond acceptors (Lipinski definition) is 11. The number of aliphatic hydroxyl groups is 1. The molecule has 50 heavy (non-hydrogen) atoms. The molecule has 258 valence electrons. The molecule has 4 aromatic rings. The van der Waals surface area contributed by atoms with Gasteiger partial charge in [0.15, 0.2) is 10.8 Å². The number of amides is 2. The van der Waals surface area contributed by atoms with Crippen molar-refractivity contribution in [2.24, 2.45) is 5.16 Å². The number of fused-ring (bicyclic) bond motifs is 1. The number of rotatable bonds is 11. The minimum atomic E-state index is -0.937. The maximum absolute atomic E-state index is 13.7. The molecule has 2 atom stereocenters. The number of anilines is 1. The van der Waals surface area contributed by atoms with Crippen molar-refractivity contribution in [1.82, 2.24) is 15.2 Å². The first-order valence-corrected chi connectivity index (χ1v) is 17.8. The van der Waals surface area contributed by atoms with Gasteiger partial charge in [0.05, 0.1) is 12.6 Å². The Bertz CT molecular complexity index is 1830. The molecule has 1 aromatic heterocycles. The zero-order valence-corrected chi connectivity index (χ0v) is 29.6. The number of thioether (sulfide) groups is 1. The highest BCUT2D eigenvalue weighted by Crippen LogP contribution is 2.42. The summed E-state index contributed by atoms with van der Waals surface area (Å²) in [6.45, 7) is 4.75. The standard InChI is InChI=1S/C37H37N5O6S2/c1-36(2,3)48-34(46)31-28(20-43)49-22-27-30(33(45)42(27)31)39-32(44)29(41-47-4)26-21-50-35(38-26)40-37(23-14-8-5-9-15-23,24-16-10-6-11-17-24)25-18-12-7-13-19-25/h5-19,21,27,30,43H,20,22H2,1-4H3,(H,38,40)(H,39,44)/t27-,30+/m1/s1. The van der Waals surface area contributed by atoms with Crippen molar-refractivity contribution in [3.05, 3.63) is 129 Å². The third-order valence-corrected chi connectivity index (χ3v) is 10.2. The predicted octanol–water partition coefficient (Wildman–Crippen LogP) is 4.89. The number of β-lactam (4-membered cyclic amide) rings is 1. The molecular formula is C37H37N5O6S2. The molecule has 0 aliphatic carbocycles. The summed E-state index contributed by atoms with van der Waals surface area (Å²) in [7, 11) is 1.33. The highest BCUT2D eigenvalue weighted by Gasteiger charge is 2.54. The lowest BCUT2D eigenvalue weighted by atomic mass is 9.77. The second kappa shape index (κ2) is 14.5. The normalized spacial score (nSPS) is 17.8. The van der Waals surface area contributed by atoms with Gasteiger partial charge in [0.1, 0.15) is 35.7 Å². The number of nitrogens with one attached hydrogen (secondary N) is 2. The fourth-order valence-corrected chi connectivity index (χ4v) is 7.96. The molecule has 0 bridgehead atoms. The van der Waals surface area contributed by atoms with Gasteiger partial charge in [0, 0.05) is 16.0 Å². The molecule has 1 saturated heterocycles. The van der Waals surface area contributed by atoms with Gasteiger partial charge in [-0.25, -0.2) is 9.78 Å². The van der Waals surface area contributed by atoms with Gasteiger partial charge in [0.25, 0.3) is 11.8 Å². The fraction of sp³-hybridized carbons (Fsp3) is 0.270. The third kappa shape index (κ3) is 6.76. The van der Waals surface area contributed by atoms with Crippen LogP contribution in [0.4, 0.5) is 5.13 Å². The van der Waals surface area contributed by atoms with Crippen LogP contribution in [0.3, 0.4) is 0 Å². The average molecular weight is 712 g/mol. The van der Waals surface area contributed by atoms with E-state index in [4.69, 9.17) is 14.6 Å². The number of aromatic nitrogens is 1. The Kier molecular flexibility index (Phi) is 10.1. The summed E-state index contributed by atoms with van der Waals surface area (Å²) < 4.78 is 5.52. The number of aliphatic hydroxyl groups excluding tert-OH is 1. The summed E-state index contributed by atoms with van der Waals surface area (Å²) in [5.74, 6) is -1.51. The monoisotopic (exact) mass is 711 g/mol. The number of hydrogen-bond donors (Lipinski definition) is 3. The van der Waals surface area contributed by atoms with Gasteiger partial charge in [-0.15, -0.1) is 23.1 Å². The van der Waals surface area contributed by atoms with Gasteiger partial charge in [-0.05, 0) is 37.5 Å². The predicted molar refractivity (Wildman–Crippen MR) is 193 cm³/mol. The van der Waals surface area contributed by atoms with Crippen molar-refractivity contribution >= 4 is 51.7 Å². The average Bonchev–Trinajstić information content (AvgIpc) is 3.59. The van der Waals surface area contributed by atoms with Crippen LogP contribution in [0.15, 0.2) is 112 Å². The Balaban J connectivity index is 1.27. The molecule has 3 N–H and O–H groups in total. The van der Waals surface area contributed by atoms with Crippen molar-refractivity contribution in [2.45, 2.75) is 44.0 Å². The minimum absolute atomic E-state index is 0.00101. The lowest BCUT2D eigenvalue weighted by molar-refractivity contribution is -0.160. The number of ether oxygens (including phenoxy) is 1. The van der Waals surface area contributed by atoms with Gasteiger partial charge in [-0.1, -0.05) is 96.2 Å². The highest BCUT2D eigenvalue weighted by molar-refractivity contribution is 8.03. The summed E-state index contributed by atoms with van der Waals surface area (Å²) in [6, 6.07) is 28.7. The van der Waals surface area contributed by atoms with Crippen LogP contribution in [0.1, 0.15) is 43.2 Å². The van der Waals surface area contributed by atoms with E-state index in [-0.39, 0.29) is 17.1 Å².